The Kier molecular flexibility index (Phi) is 3.91. The van der Waals surface area contributed by atoms with Crippen LogP contribution in [0.5, 0.6) is 0 Å². The third-order valence-corrected chi connectivity index (χ3v) is 3.45. The van der Waals surface area contributed by atoms with Gasteiger partial charge in [-0.3, -0.25) is 10.1 Å². The summed E-state index contributed by atoms with van der Waals surface area (Å²) in [5.41, 5.74) is 1.38. The van der Waals surface area contributed by atoms with Gasteiger partial charge in [0.15, 0.2) is 5.70 Å². The lowest BCUT2D eigenvalue weighted by molar-refractivity contribution is -0.385. The first-order valence-corrected chi connectivity index (χ1v) is 6.97. The Morgan fingerprint density at radius 1 is 1.21 bits per heavy atom. The van der Waals surface area contributed by atoms with Gasteiger partial charge in [0, 0.05) is 17.2 Å². The molecule has 1 aliphatic heterocycles. The smallest absolute Gasteiger partial charge is 0.363 e. The molecule has 0 saturated carbocycles. The molecule has 0 unspecified atom stereocenters. The van der Waals surface area contributed by atoms with Gasteiger partial charge in [-0.1, -0.05) is 18.2 Å². The molecule has 1 heterocycles. The average Bonchev–Trinajstić information content (AvgIpc) is 2.90. The van der Waals surface area contributed by atoms with Crippen LogP contribution in [0.25, 0.3) is 6.08 Å². The molecular weight excluding hydrogens is 315 g/mol. The van der Waals surface area contributed by atoms with Crippen molar-refractivity contribution in [1.29, 1.82) is 0 Å². The summed E-state index contributed by atoms with van der Waals surface area (Å²) < 4.78 is 18.0. The van der Waals surface area contributed by atoms with Gasteiger partial charge in [-0.05, 0) is 36.8 Å². The van der Waals surface area contributed by atoms with Gasteiger partial charge in [0.1, 0.15) is 5.82 Å². The number of carbonyl (C=O) groups excluding carboxylic acids is 1. The maximum atomic E-state index is 12.9. The lowest BCUT2D eigenvalue weighted by Crippen LogP contribution is -2.06. The van der Waals surface area contributed by atoms with Crippen LogP contribution < -0.4 is 0 Å². The molecule has 0 radical (unpaired) electrons. The Morgan fingerprint density at radius 2 is 1.92 bits per heavy atom. The van der Waals surface area contributed by atoms with Gasteiger partial charge in [0.25, 0.3) is 5.69 Å². The highest BCUT2D eigenvalue weighted by molar-refractivity contribution is 6.13. The molecule has 2 aromatic carbocycles. The van der Waals surface area contributed by atoms with Gasteiger partial charge in [0.05, 0.1) is 4.92 Å². The monoisotopic (exact) mass is 326 g/mol. The zero-order valence-corrected chi connectivity index (χ0v) is 12.5. The van der Waals surface area contributed by atoms with E-state index >= 15 is 0 Å². The van der Waals surface area contributed by atoms with E-state index in [0.717, 1.165) is 0 Å². The first-order chi connectivity index (χ1) is 11.4. The van der Waals surface area contributed by atoms with Crippen LogP contribution >= 0.6 is 0 Å². The molecular formula is C17H11FN2O4. The number of ether oxygens (including phenoxy) is 1. The Morgan fingerprint density at radius 3 is 2.58 bits per heavy atom. The fourth-order valence-electron chi connectivity index (χ4n) is 2.19. The highest BCUT2D eigenvalue weighted by atomic mass is 19.1. The molecule has 0 atom stereocenters. The van der Waals surface area contributed by atoms with Crippen LogP contribution in [0.4, 0.5) is 10.1 Å². The number of aryl methyl sites for hydroxylation is 1. The number of nitro benzene ring substituents is 1. The van der Waals surface area contributed by atoms with E-state index in [1.165, 1.54) is 36.4 Å². The number of esters is 1. The van der Waals surface area contributed by atoms with Crippen LogP contribution in [0.3, 0.4) is 0 Å². The number of nitrogens with zero attached hydrogens (tertiary/aromatic N) is 2. The number of hydrogen-bond donors (Lipinski definition) is 0. The van der Waals surface area contributed by atoms with Crippen molar-refractivity contribution >= 4 is 23.6 Å². The first-order valence-electron chi connectivity index (χ1n) is 6.97. The second kappa shape index (κ2) is 6.04. The molecule has 24 heavy (non-hydrogen) atoms. The van der Waals surface area contributed by atoms with Crippen LogP contribution in [0.15, 0.2) is 53.2 Å². The normalized spacial score (nSPS) is 15.3. The molecule has 0 fully saturated rings. The van der Waals surface area contributed by atoms with Crippen molar-refractivity contribution in [2.75, 3.05) is 0 Å². The van der Waals surface area contributed by atoms with Gasteiger partial charge in [0.2, 0.25) is 5.90 Å². The Hall–Kier alpha value is -3.35. The lowest BCUT2D eigenvalue weighted by Gasteiger charge is -2.01. The summed E-state index contributed by atoms with van der Waals surface area (Å²) in [5, 5.41) is 11.0. The summed E-state index contributed by atoms with van der Waals surface area (Å²) in [6.07, 6.45) is 1.46. The second-order valence-electron chi connectivity index (χ2n) is 5.15. The van der Waals surface area contributed by atoms with E-state index in [9.17, 15) is 19.3 Å². The van der Waals surface area contributed by atoms with Crippen molar-refractivity contribution in [3.8, 4) is 0 Å². The van der Waals surface area contributed by atoms with Crippen molar-refractivity contribution in [1.82, 2.24) is 0 Å². The molecule has 7 heteroatoms. The molecule has 120 valence electrons. The number of rotatable bonds is 3. The van der Waals surface area contributed by atoms with Crippen molar-refractivity contribution < 1.29 is 18.8 Å². The van der Waals surface area contributed by atoms with Crippen molar-refractivity contribution in [2.45, 2.75) is 6.92 Å². The summed E-state index contributed by atoms with van der Waals surface area (Å²) in [5.74, 6) is -1.06. The highest BCUT2D eigenvalue weighted by Crippen LogP contribution is 2.24. The summed E-state index contributed by atoms with van der Waals surface area (Å²) in [4.78, 5) is 26.5. The number of carbonyl (C=O) groups is 1. The molecule has 0 spiro atoms. The number of aliphatic imine (C=N–C) groups is 1. The van der Waals surface area contributed by atoms with Gasteiger partial charge < -0.3 is 4.74 Å². The summed E-state index contributed by atoms with van der Waals surface area (Å²) in [7, 11) is 0. The number of halogens is 1. The zero-order chi connectivity index (χ0) is 17.3. The van der Waals surface area contributed by atoms with Crippen molar-refractivity contribution in [3.63, 3.8) is 0 Å². The molecule has 3 rings (SSSR count). The number of nitro groups is 1. The highest BCUT2D eigenvalue weighted by Gasteiger charge is 2.25. The molecule has 0 amide bonds. The number of hydrogen-bond acceptors (Lipinski definition) is 5. The quantitative estimate of drug-likeness (QED) is 0.375. The Labute approximate surface area is 136 Å². The fraction of sp³-hybridized carbons (Fsp3) is 0.0588. The van der Waals surface area contributed by atoms with Crippen LogP contribution in [0.2, 0.25) is 0 Å². The van der Waals surface area contributed by atoms with Crippen LogP contribution in [0, 0.1) is 22.9 Å². The largest absolute Gasteiger partial charge is 0.402 e. The zero-order valence-electron chi connectivity index (χ0n) is 12.5. The molecule has 2 aromatic rings. The second-order valence-corrected chi connectivity index (χ2v) is 5.15. The Balaban J connectivity index is 1.96. The van der Waals surface area contributed by atoms with Gasteiger partial charge in [-0.25, -0.2) is 14.2 Å². The summed E-state index contributed by atoms with van der Waals surface area (Å²) in [6, 6.07) is 9.99. The number of benzene rings is 2. The van der Waals surface area contributed by atoms with Gasteiger partial charge in [-0.15, -0.1) is 0 Å². The predicted octanol–water partition coefficient (Wildman–Crippen LogP) is 3.39. The van der Waals surface area contributed by atoms with Crippen molar-refractivity contribution in [2.24, 2.45) is 4.99 Å². The third-order valence-electron chi connectivity index (χ3n) is 3.45. The van der Waals surface area contributed by atoms with Gasteiger partial charge in [-0.2, -0.15) is 0 Å². The van der Waals surface area contributed by atoms with E-state index in [1.54, 1.807) is 19.1 Å². The molecule has 0 N–H and O–H groups in total. The Bertz CT molecular complexity index is 901. The van der Waals surface area contributed by atoms with Gasteiger partial charge >= 0.3 is 5.97 Å². The van der Waals surface area contributed by atoms with Crippen LogP contribution in [-0.4, -0.2) is 16.8 Å². The predicted molar refractivity (Wildman–Crippen MR) is 84.8 cm³/mol. The standard InChI is InChI=1S/C17H11FN2O4/c1-10-2-5-12(9-15(10)20(22)23)16-19-14(17(21)24-16)8-11-3-6-13(18)7-4-11/h2-9H,1H3/b14-8-. The minimum atomic E-state index is -0.669. The minimum Gasteiger partial charge on any atom is -0.402 e. The maximum absolute atomic E-state index is 12.9. The van der Waals surface area contributed by atoms with E-state index in [1.807, 2.05) is 0 Å². The molecule has 0 aromatic heterocycles. The van der Waals surface area contributed by atoms with E-state index in [2.05, 4.69) is 4.99 Å². The molecule has 1 aliphatic rings. The number of cyclic esters (lactones) is 1. The maximum Gasteiger partial charge on any atom is 0.363 e. The van der Waals surface area contributed by atoms with E-state index in [0.29, 0.717) is 16.7 Å². The first kappa shape index (κ1) is 15.5. The minimum absolute atomic E-state index is 0.00328. The van der Waals surface area contributed by atoms with Crippen LogP contribution in [-0.2, 0) is 9.53 Å². The average molecular weight is 326 g/mol. The molecule has 0 aliphatic carbocycles. The molecule has 0 saturated heterocycles. The summed E-state index contributed by atoms with van der Waals surface area (Å²) in [6.45, 7) is 1.62. The fourth-order valence-corrected chi connectivity index (χ4v) is 2.19. The molecule has 6 nitrogen and oxygen atoms in total. The third kappa shape index (κ3) is 3.05. The van der Waals surface area contributed by atoms with E-state index < -0.39 is 10.9 Å². The topological polar surface area (TPSA) is 81.8 Å². The van der Waals surface area contributed by atoms with E-state index in [4.69, 9.17) is 4.74 Å². The lowest BCUT2D eigenvalue weighted by atomic mass is 10.1. The SMILES string of the molecule is Cc1ccc(C2=N/C(=C\c3ccc(F)cc3)C(=O)O2)cc1[N+](=O)[O-]. The van der Waals surface area contributed by atoms with E-state index in [-0.39, 0.29) is 23.1 Å². The summed E-state index contributed by atoms with van der Waals surface area (Å²) >= 11 is 0. The van der Waals surface area contributed by atoms with Crippen LogP contribution in [0.1, 0.15) is 16.7 Å². The molecule has 0 bridgehead atoms. The van der Waals surface area contributed by atoms with Crippen molar-refractivity contribution in [3.05, 3.63) is 80.8 Å².